The van der Waals surface area contributed by atoms with Crippen LogP contribution in [0.5, 0.6) is 0 Å². The summed E-state index contributed by atoms with van der Waals surface area (Å²) < 4.78 is 5.84. The Labute approximate surface area is 123 Å². The van der Waals surface area contributed by atoms with E-state index >= 15 is 0 Å². The summed E-state index contributed by atoms with van der Waals surface area (Å²) >= 11 is 0. The van der Waals surface area contributed by atoms with E-state index in [0.29, 0.717) is 12.0 Å². The Morgan fingerprint density at radius 2 is 1.80 bits per heavy atom. The third kappa shape index (κ3) is 3.42. The molecule has 0 aromatic heterocycles. The summed E-state index contributed by atoms with van der Waals surface area (Å²) in [5, 5.41) is 3.53. The normalized spacial score (nSPS) is 29.9. The van der Waals surface area contributed by atoms with Crippen LogP contribution in [0.3, 0.4) is 0 Å². The first-order chi connectivity index (χ1) is 9.67. The summed E-state index contributed by atoms with van der Waals surface area (Å²) in [5.74, 6) is 2.38. The second kappa shape index (κ2) is 7.24. The van der Waals surface area contributed by atoms with Crippen molar-refractivity contribution >= 4 is 0 Å². The highest BCUT2D eigenvalue weighted by molar-refractivity contribution is 5.19. The monoisotopic (exact) mass is 275 g/mol. The van der Waals surface area contributed by atoms with Gasteiger partial charge in [0.25, 0.3) is 0 Å². The molecule has 2 nitrogen and oxygen atoms in total. The van der Waals surface area contributed by atoms with E-state index in [1.54, 1.807) is 0 Å². The predicted molar refractivity (Wildman–Crippen MR) is 84.7 cm³/mol. The average molecular weight is 275 g/mol. The molecule has 112 valence electrons. The molecular formula is C18H29NO. The van der Waals surface area contributed by atoms with E-state index in [9.17, 15) is 0 Å². The maximum absolute atomic E-state index is 5.84. The highest BCUT2D eigenvalue weighted by atomic mass is 16.5. The second-order valence-corrected chi connectivity index (χ2v) is 6.41. The van der Waals surface area contributed by atoms with Gasteiger partial charge in [-0.3, -0.25) is 0 Å². The summed E-state index contributed by atoms with van der Waals surface area (Å²) in [6.45, 7) is 4.79. The van der Waals surface area contributed by atoms with Gasteiger partial charge in [-0.25, -0.2) is 0 Å². The first-order valence-corrected chi connectivity index (χ1v) is 7.92. The zero-order chi connectivity index (χ0) is 14.5. The number of likely N-dealkylation sites (N-methyl/N-ethyl adjacent to an activating group) is 1. The van der Waals surface area contributed by atoms with E-state index in [-0.39, 0.29) is 6.10 Å². The molecule has 1 saturated carbocycles. The van der Waals surface area contributed by atoms with Crippen LogP contribution in [0, 0.1) is 17.8 Å². The highest BCUT2D eigenvalue weighted by Crippen LogP contribution is 2.38. The van der Waals surface area contributed by atoms with Gasteiger partial charge >= 0.3 is 0 Å². The minimum Gasteiger partial charge on any atom is -0.375 e. The van der Waals surface area contributed by atoms with Crippen LogP contribution in [0.4, 0.5) is 0 Å². The van der Waals surface area contributed by atoms with Gasteiger partial charge in [0.05, 0.1) is 6.10 Å². The maximum atomic E-state index is 5.84. The number of hydrogen-bond acceptors (Lipinski definition) is 2. The molecule has 1 N–H and O–H groups in total. The van der Waals surface area contributed by atoms with Crippen LogP contribution in [-0.2, 0) is 4.74 Å². The molecule has 0 aliphatic heterocycles. The number of ether oxygens (including phenoxy) is 1. The third-order valence-corrected chi connectivity index (χ3v) is 5.19. The van der Waals surface area contributed by atoms with Crippen molar-refractivity contribution in [2.75, 3.05) is 14.2 Å². The topological polar surface area (TPSA) is 21.3 Å². The summed E-state index contributed by atoms with van der Waals surface area (Å²) in [6.07, 6.45) is 4.10. The van der Waals surface area contributed by atoms with Crippen molar-refractivity contribution in [3.05, 3.63) is 35.9 Å². The molecule has 20 heavy (non-hydrogen) atoms. The zero-order valence-corrected chi connectivity index (χ0v) is 13.3. The molecule has 0 spiro atoms. The van der Waals surface area contributed by atoms with Crippen molar-refractivity contribution in [3.63, 3.8) is 0 Å². The quantitative estimate of drug-likeness (QED) is 0.876. The van der Waals surface area contributed by atoms with E-state index in [1.165, 1.54) is 24.8 Å². The number of methoxy groups -OCH3 is 1. The van der Waals surface area contributed by atoms with E-state index in [4.69, 9.17) is 4.74 Å². The van der Waals surface area contributed by atoms with Crippen LogP contribution in [0.25, 0.3) is 0 Å². The molecule has 0 radical (unpaired) electrons. The van der Waals surface area contributed by atoms with Gasteiger partial charge in [-0.1, -0.05) is 50.6 Å². The second-order valence-electron chi connectivity index (χ2n) is 6.41. The van der Waals surface area contributed by atoms with Crippen LogP contribution in [-0.4, -0.2) is 20.2 Å². The lowest BCUT2D eigenvalue weighted by atomic mass is 9.71. The molecule has 1 aromatic carbocycles. The Morgan fingerprint density at radius 3 is 2.35 bits per heavy atom. The van der Waals surface area contributed by atoms with Crippen molar-refractivity contribution in [2.24, 2.45) is 17.8 Å². The van der Waals surface area contributed by atoms with Crippen molar-refractivity contribution in [2.45, 2.75) is 45.3 Å². The predicted octanol–water partition coefficient (Wildman–Crippen LogP) is 4.03. The first-order valence-electron chi connectivity index (χ1n) is 7.92. The Hall–Kier alpha value is -0.860. The molecule has 0 heterocycles. The van der Waals surface area contributed by atoms with Crippen molar-refractivity contribution in [1.82, 2.24) is 5.32 Å². The minimum atomic E-state index is 0.145. The van der Waals surface area contributed by atoms with E-state index < -0.39 is 0 Å². The lowest BCUT2D eigenvalue weighted by Gasteiger charge is -2.39. The summed E-state index contributed by atoms with van der Waals surface area (Å²) in [7, 11) is 3.90. The maximum Gasteiger partial charge on any atom is 0.0976 e. The molecule has 5 atom stereocenters. The molecule has 0 amide bonds. The number of nitrogens with one attached hydrogen (secondary N) is 1. The molecule has 5 unspecified atom stereocenters. The third-order valence-electron chi connectivity index (χ3n) is 5.19. The Kier molecular flexibility index (Phi) is 5.62. The van der Waals surface area contributed by atoms with Gasteiger partial charge in [-0.05, 0) is 43.2 Å². The molecule has 1 fully saturated rings. The van der Waals surface area contributed by atoms with Gasteiger partial charge < -0.3 is 10.1 Å². The number of benzene rings is 1. The Morgan fingerprint density at radius 1 is 1.10 bits per heavy atom. The molecule has 0 bridgehead atoms. The summed E-state index contributed by atoms with van der Waals surface area (Å²) in [6, 6.07) is 11.0. The first kappa shape index (κ1) is 15.5. The fraction of sp³-hybridized carbons (Fsp3) is 0.667. The van der Waals surface area contributed by atoms with E-state index in [2.05, 4.69) is 56.5 Å². The fourth-order valence-corrected chi connectivity index (χ4v) is 3.68. The molecule has 1 aliphatic carbocycles. The lowest BCUT2D eigenvalue weighted by molar-refractivity contribution is 0.0305. The minimum absolute atomic E-state index is 0.145. The van der Waals surface area contributed by atoms with Gasteiger partial charge in [-0.15, -0.1) is 0 Å². The number of rotatable bonds is 5. The van der Waals surface area contributed by atoms with Crippen molar-refractivity contribution in [3.8, 4) is 0 Å². The van der Waals surface area contributed by atoms with Crippen LogP contribution >= 0.6 is 0 Å². The standard InChI is InChI=1S/C18H29NO/c1-13-10-11-16(12-14(13)2)17(19-3)18(20-4)15-8-6-5-7-9-15/h5-9,13-14,16-19H,10-12H2,1-4H3. The van der Waals surface area contributed by atoms with E-state index in [0.717, 1.165) is 11.8 Å². The van der Waals surface area contributed by atoms with Crippen LogP contribution in [0.15, 0.2) is 30.3 Å². The van der Waals surface area contributed by atoms with E-state index in [1.807, 2.05) is 7.11 Å². The average Bonchev–Trinajstić information content (AvgIpc) is 2.48. The smallest absolute Gasteiger partial charge is 0.0976 e. The van der Waals surface area contributed by atoms with Crippen LogP contribution < -0.4 is 5.32 Å². The molecule has 1 aliphatic rings. The molecule has 1 aromatic rings. The highest BCUT2D eigenvalue weighted by Gasteiger charge is 2.34. The SMILES string of the molecule is CNC(C1CCC(C)C(C)C1)C(OC)c1ccccc1. The van der Waals surface area contributed by atoms with Gasteiger partial charge in [-0.2, -0.15) is 0 Å². The lowest BCUT2D eigenvalue weighted by Crippen LogP contribution is -2.42. The summed E-state index contributed by atoms with van der Waals surface area (Å²) in [5.41, 5.74) is 1.28. The zero-order valence-electron chi connectivity index (χ0n) is 13.3. The van der Waals surface area contributed by atoms with Gasteiger partial charge in [0.2, 0.25) is 0 Å². The Balaban J connectivity index is 2.13. The number of hydrogen-bond donors (Lipinski definition) is 1. The van der Waals surface area contributed by atoms with Gasteiger partial charge in [0.1, 0.15) is 0 Å². The van der Waals surface area contributed by atoms with Crippen molar-refractivity contribution < 1.29 is 4.74 Å². The molecule has 2 heteroatoms. The van der Waals surface area contributed by atoms with Crippen LogP contribution in [0.1, 0.15) is 44.8 Å². The van der Waals surface area contributed by atoms with Crippen molar-refractivity contribution in [1.29, 1.82) is 0 Å². The van der Waals surface area contributed by atoms with Crippen LogP contribution in [0.2, 0.25) is 0 Å². The largest absolute Gasteiger partial charge is 0.375 e. The summed E-state index contributed by atoms with van der Waals surface area (Å²) in [4.78, 5) is 0. The van der Waals surface area contributed by atoms with Gasteiger partial charge in [0.15, 0.2) is 0 Å². The molecule has 2 rings (SSSR count). The Bertz CT molecular complexity index is 392. The molecular weight excluding hydrogens is 246 g/mol. The molecule has 0 saturated heterocycles. The van der Waals surface area contributed by atoms with Gasteiger partial charge in [0, 0.05) is 13.2 Å². The fourth-order valence-electron chi connectivity index (χ4n) is 3.68.